The molecule has 8 fully saturated rings. The van der Waals surface area contributed by atoms with E-state index < -0.39 is 35.6 Å². The summed E-state index contributed by atoms with van der Waals surface area (Å²) in [6.45, 7) is 9.56. The fourth-order valence-electron chi connectivity index (χ4n) is 14.8. The van der Waals surface area contributed by atoms with Crippen LogP contribution in [0.3, 0.4) is 0 Å². The Morgan fingerprint density at radius 1 is 0.417 bits per heavy atom. The van der Waals surface area contributed by atoms with Gasteiger partial charge >= 0.3 is 11.9 Å². The van der Waals surface area contributed by atoms with Gasteiger partial charge in [0.1, 0.15) is 0 Å². The van der Waals surface area contributed by atoms with Crippen molar-refractivity contribution in [3.63, 3.8) is 0 Å². The van der Waals surface area contributed by atoms with Crippen LogP contribution >= 0.6 is 12.3 Å². The van der Waals surface area contributed by atoms with Gasteiger partial charge in [-0.2, -0.15) is 0 Å². The van der Waals surface area contributed by atoms with Gasteiger partial charge in [-0.05, 0) is 222 Å². The van der Waals surface area contributed by atoms with Crippen LogP contribution < -0.4 is 10.6 Å². The standard InChI is InChI=1S/C57H94N2O12S/c1-35-5-17-41(18-6-35)68-47-29-31-49(51(33-47)55(62)63)53(60)58-39-13-25-44(26-14-39)66-42-21-9-37(10-22-42)57(3,4)38-11-23-43(24-12-38)67-45-27-15-40(16-28-45)59-54(61)50-32-30-48(34-52(50)56(64)65)70-72-71-69-46-19-7-36(2)8-20-46/h35-52H,5-34H2,1-4H3,(H,58,60)(H,59,61)(H,62,63)(H,64,65). The summed E-state index contributed by atoms with van der Waals surface area (Å²) in [6.07, 6.45) is 29.0. The first-order chi connectivity index (χ1) is 34.7. The topological polar surface area (TPSA) is 188 Å². The number of nitrogens with one attached hydrogen (secondary N) is 2. The average Bonchev–Trinajstić information content (AvgIpc) is 3.38. The summed E-state index contributed by atoms with van der Waals surface area (Å²) >= 11 is 0.786. The summed E-state index contributed by atoms with van der Waals surface area (Å²) in [5.41, 5.74) is 0.268. The molecule has 6 unspecified atom stereocenters. The van der Waals surface area contributed by atoms with Gasteiger partial charge in [0.05, 0.1) is 72.5 Å². The third-order valence-corrected chi connectivity index (χ3v) is 20.4. The Balaban J connectivity index is 0.667. The van der Waals surface area contributed by atoms with Crippen molar-refractivity contribution in [1.29, 1.82) is 0 Å². The fourth-order valence-corrected chi connectivity index (χ4v) is 15.3. The van der Waals surface area contributed by atoms with Gasteiger partial charge < -0.3 is 35.1 Å². The van der Waals surface area contributed by atoms with Crippen molar-refractivity contribution in [2.24, 2.45) is 52.8 Å². The summed E-state index contributed by atoms with van der Waals surface area (Å²) in [6, 6.07) is 0.126. The lowest BCUT2D eigenvalue weighted by molar-refractivity contribution is -0.244. The highest BCUT2D eigenvalue weighted by molar-refractivity contribution is 7.89. The smallest absolute Gasteiger partial charge is 0.307 e. The lowest BCUT2D eigenvalue weighted by Gasteiger charge is -2.47. The number of aliphatic carboxylic acids is 2. The van der Waals surface area contributed by atoms with Crippen molar-refractivity contribution in [3.8, 4) is 0 Å². The van der Waals surface area contributed by atoms with Crippen molar-refractivity contribution < 1.29 is 57.0 Å². The minimum absolute atomic E-state index is 0.0451. The maximum atomic E-state index is 13.5. The van der Waals surface area contributed by atoms with Crippen LogP contribution in [0.25, 0.3) is 0 Å². The quantitative estimate of drug-likeness (QED) is 0.0414. The minimum Gasteiger partial charge on any atom is -0.481 e. The summed E-state index contributed by atoms with van der Waals surface area (Å²) in [7, 11) is 0. The van der Waals surface area contributed by atoms with E-state index in [-0.39, 0.29) is 78.5 Å². The summed E-state index contributed by atoms with van der Waals surface area (Å²) < 4.78 is 30.9. The second-order valence-electron chi connectivity index (χ2n) is 25.2. The van der Waals surface area contributed by atoms with Crippen molar-refractivity contribution in [3.05, 3.63) is 0 Å². The molecule has 0 spiro atoms. The number of hydrogen-bond acceptors (Lipinski definition) is 11. The second-order valence-corrected chi connectivity index (χ2v) is 25.7. The molecule has 410 valence electrons. The van der Waals surface area contributed by atoms with Crippen molar-refractivity contribution in [2.45, 2.75) is 281 Å². The average molecular weight is 1030 g/mol. The Labute approximate surface area is 436 Å². The lowest BCUT2D eigenvalue weighted by atomic mass is 9.60. The molecule has 14 nitrogen and oxygen atoms in total. The van der Waals surface area contributed by atoms with Crippen molar-refractivity contribution >= 4 is 36.1 Å². The number of ether oxygens (including phenoxy) is 3. The Bertz CT molecular complexity index is 1710. The van der Waals surface area contributed by atoms with E-state index >= 15 is 0 Å². The molecular weight excluding hydrogens is 937 g/mol. The zero-order valence-corrected chi connectivity index (χ0v) is 45.3. The molecule has 0 aromatic carbocycles. The van der Waals surface area contributed by atoms with Crippen LogP contribution in [0, 0.1) is 52.8 Å². The Hall–Kier alpha value is -2.01. The molecule has 0 aromatic rings. The summed E-state index contributed by atoms with van der Waals surface area (Å²) in [5.74, 6) is -1.78. The highest BCUT2D eigenvalue weighted by Gasteiger charge is 2.45. The van der Waals surface area contributed by atoms with Crippen LogP contribution in [0.4, 0.5) is 0 Å². The molecule has 0 bridgehead atoms. The van der Waals surface area contributed by atoms with E-state index in [0.29, 0.717) is 43.6 Å². The number of rotatable bonds is 19. The largest absolute Gasteiger partial charge is 0.481 e. The minimum atomic E-state index is -0.954. The van der Waals surface area contributed by atoms with Crippen LogP contribution in [0.1, 0.15) is 220 Å². The van der Waals surface area contributed by atoms with Crippen LogP contribution in [-0.4, -0.2) is 94.9 Å². The first-order valence-electron chi connectivity index (χ1n) is 29.3. The number of amides is 2. The number of carboxylic acid groups (broad SMARTS) is 2. The summed E-state index contributed by atoms with van der Waals surface area (Å²) in [4.78, 5) is 57.2. The predicted octanol–water partition coefficient (Wildman–Crippen LogP) is 11.5. The van der Waals surface area contributed by atoms with E-state index in [2.05, 4.69) is 38.3 Å². The van der Waals surface area contributed by atoms with Gasteiger partial charge in [0.15, 0.2) is 12.3 Å². The van der Waals surface area contributed by atoms with E-state index in [1.165, 1.54) is 38.5 Å². The third kappa shape index (κ3) is 15.8. The van der Waals surface area contributed by atoms with Gasteiger partial charge in [-0.15, -0.1) is 4.33 Å². The van der Waals surface area contributed by atoms with Gasteiger partial charge in [0, 0.05) is 12.1 Å². The molecule has 8 rings (SSSR count). The molecule has 0 heterocycles. The van der Waals surface area contributed by atoms with E-state index in [1.807, 2.05) is 0 Å². The summed E-state index contributed by atoms with van der Waals surface area (Å²) in [5, 5.41) is 26.7. The molecule has 8 aliphatic rings. The number of carbonyl (C=O) groups excluding carboxylic acids is 2. The molecule has 6 atom stereocenters. The van der Waals surface area contributed by atoms with E-state index in [1.54, 1.807) is 0 Å². The fraction of sp³-hybridized carbons (Fsp3) is 0.930. The SMILES string of the molecule is CC1CCC(OOSOC2CCC(C(=O)NC3CCC(OC4CCC(C(C)(C)C5CCC(OC6CCC(NC(=O)C7CCC(OC8CCC(C)CC8)CC7C(=O)O)CC6)CC5)CC4)CC3)C(C(=O)O)C2)CC1. The highest BCUT2D eigenvalue weighted by Crippen LogP contribution is 2.50. The number of carbonyl (C=O) groups is 4. The van der Waals surface area contributed by atoms with Gasteiger partial charge in [-0.1, -0.05) is 27.7 Å². The maximum absolute atomic E-state index is 13.5. The lowest BCUT2D eigenvalue weighted by Crippen LogP contribution is -2.48. The monoisotopic (exact) mass is 1030 g/mol. The number of carboxylic acids is 2. The van der Waals surface area contributed by atoms with Gasteiger partial charge in [-0.25, -0.2) is 4.89 Å². The molecule has 8 aliphatic carbocycles. The molecule has 0 aliphatic heterocycles. The van der Waals surface area contributed by atoms with Crippen LogP contribution in [0.15, 0.2) is 0 Å². The molecule has 2 amide bonds. The van der Waals surface area contributed by atoms with Crippen molar-refractivity contribution in [1.82, 2.24) is 10.6 Å². The van der Waals surface area contributed by atoms with E-state index in [0.717, 1.165) is 146 Å². The maximum Gasteiger partial charge on any atom is 0.307 e. The van der Waals surface area contributed by atoms with E-state index in [4.69, 9.17) is 27.6 Å². The van der Waals surface area contributed by atoms with Gasteiger partial charge in [-0.3, -0.25) is 23.4 Å². The molecule has 8 saturated carbocycles. The zero-order chi connectivity index (χ0) is 50.8. The van der Waals surface area contributed by atoms with Crippen LogP contribution in [-0.2, 0) is 46.8 Å². The molecular formula is C57H94N2O12S. The van der Waals surface area contributed by atoms with Gasteiger partial charge in [0.25, 0.3) is 0 Å². The molecule has 4 N–H and O–H groups in total. The molecule has 0 aromatic heterocycles. The molecule has 72 heavy (non-hydrogen) atoms. The molecule has 15 heteroatoms. The number of hydrogen-bond donors (Lipinski definition) is 4. The van der Waals surface area contributed by atoms with E-state index in [9.17, 15) is 29.4 Å². The van der Waals surface area contributed by atoms with Gasteiger partial charge in [0.2, 0.25) is 11.8 Å². The third-order valence-electron chi connectivity index (χ3n) is 19.9. The first kappa shape index (κ1) is 56.2. The predicted molar refractivity (Wildman–Crippen MR) is 275 cm³/mol. The Morgan fingerprint density at radius 3 is 1.17 bits per heavy atom. The molecule has 0 saturated heterocycles. The highest BCUT2D eigenvalue weighted by atomic mass is 32.2. The molecule has 0 radical (unpaired) electrons. The van der Waals surface area contributed by atoms with Crippen LogP contribution in [0.2, 0.25) is 0 Å². The Morgan fingerprint density at radius 2 is 0.750 bits per heavy atom. The first-order valence-corrected chi connectivity index (χ1v) is 30.0. The Kier molecular flexibility index (Phi) is 21.0. The van der Waals surface area contributed by atoms with Crippen molar-refractivity contribution in [2.75, 3.05) is 0 Å². The second kappa shape index (κ2) is 26.8. The zero-order valence-electron chi connectivity index (χ0n) is 44.5. The van der Waals surface area contributed by atoms with Crippen LogP contribution in [0.5, 0.6) is 0 Å². The normalized spacial score (nSPS) is 40.4.